The molecule has 0 fully saturated rings. The fraction of sp³-hybridized carbons (Fsp3) is 0.167. The van der Waals surface area contributed by atoms with Gasteiger partial charge in [0.15, 0.2) is 0 Å². The molecule has 0 bridgehead atoms. The van der Waals surface area contributed by atoms with E-state index < -0.39 is 12.1 Å². The zero-order valence-electron chi connectivity index (χ0n) is 9.12. The van der Waals surface area contributed by atoms with E-state index in [1.807, 2.05) is 6.07 Å². The normalized spacial score (nSPS) is 12.4. The second-order valence-electron chi connectivity index (χ2n) is 3.63. The maximum absolute atomic E-state index is 10.9. The van der Waals surface area contributed by atoms with Crippen molar-refractivity contribution in [2.45, 2.75) is 13.0 Å². The van der Waals surface area contributed by atoms with Gasteiger partial charge in [-0.15, -0.1) is 0 Å². The first-order valence-electron chi connectivity index (χ1n) is 5.03. The number of aliphatic hydroxyl groups excluding tert-OH is 1. The number of aliphatic hydroxyl groups is 1. The summed E-state index contributed by atoms with van der Waals surface area (Å²) in [4.78, 5) is 10.9. The van der Waals surface area contributed by atoms with Crippen molar-refractivity contribution < 1.29 is 19.5 Å². The van der Waals surface area contributed by atoms with Crippen LogP contribution in [0.3, 0.4) is 0 Å². The molecular formula is C12H11NO4. The van der Waals surface area contributed by atoms with Crippen LogP contribution in [0.25, 0.3) is 0 Å². The molecule has 0 radical (unpaired) electrons. The van der Waals surface area contributed by atoms with E-state index in [1.165, 1.54) is 0 Å². The number of hydrogen-bond donors (Lipinski definition) is 2. The van der Waals surface area contributed by atoms with Crippen molar-refractivity contribution in [3.63, 3.8) is 0 Å². The number of hydrogen-bond acceptors (Lipinski definition) is 4. The van der Waals surface area contributed by atoms with Crippen LogP contribution in [0.4, 0.5) is 0 Å². The predicted molar refractivity (Wildman–Crippen MR) is 58.7 cm³/mol. The monoisotopic (exact) mass is 233 g/mol. The van der Waals surface area contributed by atoms with Gasteiger partial charge in [0.25, 0.3) is 0 Å². The molecule has 2 aromatic rings. The smallest absolute Gasteiger partial charge is 0.375 e. The minimum absolute atomic E-state index is 0.198. The summed E-state index contributed by atoms with van der Waals surface area (Å²) >= 11 is 0. The number of aromatic nitrogens is 1. The van der Waals surface area contributed by atoms with Crippen LogP contribution >= 0.6 is 0 Å². The lowest BCUT2D eigenvalue weighted by Crippen LogP contribution is -2.06. The van der Waals surface area contributed by atoms with Gasteiger partial charge < -0.3 is 14.7 Å². The Labute approximate surface area is 97.3 Å². The summed E-state index contributed by atoms with van der Waals surface area (Å²) in [7, 11) is 0. The molecule has 5 nitrogen and oxygen atoms in total. The topological polar surface area (TPSA) is 83.6 Å². The molecule has 0 spiro atoms. The standard InChI is InChI=1S/C12H11NO4/c1-7-9(11(12(15)16)17-13-7)10(14)8-5-3-2-4-6-8/h2-6,10,14H,1H3,(H,15,16). The zero-order valence-corrected chi connectivity index (χ0v) is 9.12. The van der Waals surface area contributed by atoms with Gasteiger partial charge in [-0.25, -0.2) is 4.79 Å². The predicted octanol–water partition coefficient (Wildman–Crippen LogP) is 1.76. The van der Waals surface area contributed by atoms with E-state index in [0.717, 1.165) is 0 Å². The van der Waals surface area contributed by atoms with Gasteiger partial charge in [0.2, 0.25) is 5.76 Å². The summed E-state index contributed by atoms with van der Waals surface area (Å²) < 4.78 is 4.69. The lowest BCUT2D eigenvalue weighted by molar-refractivity contribution is 0.0645. The molecule has 0 amide bonds. The first-order valence-corrected chi connectivity index (χ1v) is 5.03. The van der Waals surface area contributed by atoms with Crippen molar-refractivity contribution in [1.82, 2.24) is 5.16 Å². The van der Waals surface area contributed by atoms with Crippen molar-refractivity contribution in [3.8, 4) is 0 Å². The number of nitrogens with zero attached hydrogens (tertiary/aromatic N) is 1. The number of aromatic carboxylic acids is 1. The number of carboxylic acids is 1. The number of rotatable bonds is 3. The van der Waals surface area contributed by atoms with Crippen LogP contribution in [0.2, 0.25) is 0 Å². The molecule has 1 aromatic carbocycles. The fourth-order valence-electron chi connectivity index (χ4n) is 1.66. The highest BCUT2D eigenvalue weighted by molar-refractivity contribution is 5.86. The third-order valence-electron chi connectivity index (χ3n) is 2.49. The minimum Gasteiger partial charge on any atom is -0.475 e. The van der Waals surface area contributed by atoms with Gasteiger partial charge >= 0.3 is 5.97 Å². The van der Waals surface area contributed by atoms with Gasteiger partial charge in [0.1, 0.15) is 6.10 Å². The molecule has 0 aliphatic carbocycles. The molecule has 1 aromatic heterocycles. The van der Waals surface area contributed by atoms with Crippen LogP contribution in [-0.4, -0.2) is 21.3 Å². The molecule has 2 rings (SSSR count). The maximum Gasteiger partial charge on any atom is 0.375 e. The lowest BCUT2D eigenvalue weighted by atomic mass is 10.00. The Morgan fingerprint density at radius 2 is 2.00 bits per heavy atom. The summed E-state index contributed by atoms with van der Waals surface area (Å²) in [6.07, 6.45) is -1.05. The van der Waals surface area contributed by atoms with Gasteiger partial charge in [0.05, 0.1) is 11.3 Å². The third-order valence-corrected chi connectivity index (χ3v) is 2.49. The number of carboxylic acid groups (broad SMARTS) is 1. The molecule has 17 heavy (non-hydrogen) atoms. The molecule has 2 N–H and O–H groups in total. The molecule has 0 aliphatic rings. The molecule has 0 saturated carbocycles. The highest BCUT2D eigenvalue weighted by atomic mass is 16.5. The third kappa shape index (κ3) is 2.05. The van der Waals surface area contributed by atoms with E-state index in [1.54, 1.807) is 31.2 Å². The molecular weight excluding hydrogens is 222 g/mol. The number of benzene rings is 1. The largest absolute Gasteiger partial charge is 0.475 e. The van der Waals surface area contributed by atoms with E-state index in [9.17, 15) is 9.90 Å². The highest BCUT2D eigenvalue weighted by Crippen LogP contribution is 2.27. The quantitative estimate of drug-likeness (QED) is 0.843. The number of aryl methyl sites for hydroxylation is 1. The summed E-state index contributed by atoms with van der Waals surface area (Å²) in [5, 5.41) is 22.6. The van der Waals surface area contributed by atoms with Crippen LogP contribution in [0.15, 0.2) is 34.9 Å². The van der Waals surface area contributed by atoms with Crippen LogP contribution in [0.1, 0.15) is 33.5 Å². The lowest BCUT2D eigenvalue weighted by Gasteiger charge is -2.09. The first kappa shape index (κ1) is 11.3. The van der Waals surface area contributed by atoms with E-state index >= 15 is 0 Å². The van der Waals surface area contributed by atoms with E-state index in [2.05, 4.69) is 9.68 Å². The first-order chi connectivity index (χ1) is 8.11. The Morgan fingerprint density at radius 1 is 1.35 bits per heavy atom. The summed E-state index contributed by atoms with van der Waals surface area (Å²) in [6.45, 7) is 1.59. The Hall–Kier alpha value is -2.14. The van der Waals surface area contributed by atoms with E-state index in [0.29, 0.717) is 11.3 Å². The van der Waals surface area contributed by atoms with Crippen LogP contribution in [0, 0.1) is 6.92 Å². The van der Waals surface area contributed by atoms with Gasteiger partial charge in [-0.05, 0) is 12.5 Å². The average molecular weight is 233 g/mol. The van der Waals surface area contributed by atoms with Gasteiger partial charge in [-0.3, -0.25) is 0 Å². The highest BCUT2D eigenvalue weighted by Gasteiger charge is 2.26. The summed E-state index contributed by atoms with van der Waals surface area (Å²) in [5.74, 6) is -1.56. The molecule has 88 valence electrons. The van der Waals surface area contributed by atoms with Crippen molar-refractivity contribution in [2.24, 2.45) is 0 Å². The molecule has 0 saturated heterocycles. The second kappa shape index (κ2) is 4.39. The van der Waals surface area contributed by atoms with Gasteiger partial charge in [-0.1, -0.05) is 35.5 Å². The van der Waals surface area contributed by atoms with Gasteiger partial charge in [0, 0.05) is 0 Å². The Kier molecular flexibility index (Phi) is 2.93. The zero-order chi connectivity index (χ0) is 12.4. The van der Waals surface area contributed by atoms with Crippen molar-refractivity contribution in [3.05, 3.63) is 52.9 Å². The molecule has 1 atom stereocenters. The van der Waals surface area contributed by atoms with Crippen LogP contribution in [-0.2, 0) is 0 Å². The second-order valence-corrected chi connectivity index (χ2v) is 3.63. The van der Waals surface area contributed by atoms with E-state index in [-0.39, 0.29) is 11.3 Å². The summed E-state index contributed by atoms with van der Waals surface area (Å²) in [6, 6.07) is 8.77. The van der Waals surface area contributed by atoms with Gasteiger partial charge in [-0.2, -0.15) is 0 Å². The Balaban J connectivity index is 2.47. The van der Waals surface area contributed by atoms with E-state index in [4.69, 9.17) is 5.11 Å². The summed E-state index contributed by atoms with van der Waals surface area (Å²) in [5.41, 5.74) is 1.17. The molecule has 1 heterocycles. The average Bonchev–Trinajstić information content (AvgIpc) is 2.71. The van der Waals surface area contributed by atoms with Crippen LogP contribution < -0.4 is 0 Å². The molecule has 0 aliphatic heterocycles. The minimum atomic E-state index is -1.24. The van der Waals surface area contributed by atoms with Crippen LogP contribution in [0.5, 0.6) is 0 Å². The molecule has 5 heteroatoms. The van der Waals surface area contributed by atoms with Crippen molar-refractivity contribution in [1.29, 1.82) is 0 Å². The SMILES string of the molecule is Cc1noc(C(=O)O)c1C(O)c1ccccc1. The Bertz CT molecular complexity index is 533. The molecule has 1 unspecified atom stereocenters. The van der Waals surface area contributed by atoms with Crippen molar-refractivity contribution in [2.75, 3.05) is 0 Å². The maximum atomic E-state index is 10.9. The Morgan fingerprint density at radius 3 is 2.59 bits per heavy atom. The fourth-order valence-corrected chi connectivity index (χ4v) is 1.66. The van der Waals surface area contributed by atoms with Crippen molar-refractivity contribution >= 4 is 5.97 Å². The number of carbonyl (C=O) groups is 1.